The van der Waals surface area contributed by atoms with Gasteiger partial charge in [-0.05, 0) is 38.0 Å². The third-order valence-corrected chi connectivity index (χ3v) is 5.14. The first-order valence-corrected chi connectivity index (χ1v) is 8.28. The van der Waals surface area contributed by atoms with Crippen LogP contribution in [0.4, 0.5) is 0 Å². The van der Waals surface area contributed by atoms with Gasteiger partial charge >= 0.3 is 0 Å². The molecule has 2 aliphatic carbocycles. The van der Waals surface area contributed by atoms with E-state index in [1.54, 1.807) is 0 Å². The fourth-order valence-electron chi connectivity index (χ4n) is 3.86. The zero-order valence-corrected chi connectivity index (χ0v) is 12.4. The number of amides is 1. The van der Waals surface area contributed by atoms with Crippen molar-refractivity contribution < 1.29 is 4.79 Å². The molecule has 0 aromatic carbocycles. The van der Waals surface area contributed by atoms with Crippen molar-refractivity contribution in [2.45, 2.75) is 83.2 Å². The summed E-state index contributed by atoms with van der Waals surface area (Å²) < 4.78 is 0. The summed E-state index contributed by atoms with van der Waals surface area (Å²) >= 11 is 0. The van der Waals surface area contributed by atoms with Crippen molar-refractivity contribution in [1.29, 1.82) is 0 Å². The summed E-state index contributed by atoms with van der Waals surface area (Å²) in [6.45, 7) is 2.19. The van der Waals surface area contributed by atoms with Crippen LogP contribution in [0.3, 0.4) is 0 Å². The van der Waals surface area contributed by atoms with Gasteiger partial charge in [-0.2, -0.15) is 0 Å². The summed E-state index contributed by atoms with van der Waals surface area (Å²) in [4.78, 5) is 12.4. The van der Waals surface area contributed by atoms with Crippen LogP contribution in [0.5, 0.6) is 0 Å². The molecule has 0 saturated heterocycles. The molecule has 2 aliphatic rings. The van der Waals surface area contributed by atoms with E-state index in [9.17, 15) is 4.79 Å². The van der Waals surface area contributed by atoms with E-state index < -0.39 is 0 Å². The quantitative estimate of drug-likeness (QED) is 0.822. The van der Waals surface area contributed by atoms with Crippen molar-refractivity contribution in [1.82, 2.24) is 5.32 Å². The van der Waals surface area contributed by atoms with Crippen LogP contribution in [-0.2, 0) is 4.79 Å². The molecule has 1 amide bonds. The number of nitrogens with two attached hydrogens (primary N) is 1. The number of hydrogen-bond donors (Lipinski definition) is 2. The van der Waals surface area contributed by atoms with Gasteiger partial charge in [0.2, 0.25) is 5.91 Å². The topological polar surface area (TPSA) is 55.1 Å². The van der Waals surface area contributed by atoms with Crippen LogP contribution >= 0.6 is 0 Å². The van der Waals surface area contributed by atoms with Crippen molar-refractivity contribution in [2.24, 2.45) is 17.6 Å². The highest BCUT2D eigenvalue weighted by atomic mass is 16.2. The highest BCUT2D eigenvalue weighted by molar-refractivity contribution is 5.79. The van der Waals surface area contributed by atoms with Crippen LogP contribution in [0.2, 0.25) is 0 Å². The third kappa shape index (κ3) is 3.95. The molecule has 3 heteroatoms. The van der Waals surface area contributed by atoms with Crippen LogP contribution in [0.1, 0.15) is 71.1 Å². The predicted octanol–water partition coefficient (Wildman–Crippen LogP) is 2.98. The third-order valence-electron chi connectivity index (χ3n) is 5.14. The van der Waals surface area contributed by atoms with E-state index in [2.05, 4.69) is 12.2 Å². The van der Waals surface area contributed by atoms with E-state index in [1.165, 1.54) is 38.5 Å². The first kappa shape index (κ1) is 14.8. The normalized spacial score (nSPS) is 30.8. The second kappa shape index (κ2) is 7.28. The van der Waals surface area contributed by atoms with Crippen LogP contribution in [-0.4, -0.2) is 18.0 Å². The van der Waals surface area contributed by atoms with Crippen molar-refractivity contribution in [3.8, 4) is 0 Å². The molecule has 2 saturated carbocycles. The van der Waals surface area contributed by atoms with Crippen molar-refractivity contribution in [3.63, 3.8) is 0 Å². The van der Waals surface area contributed by atoms with E-state index in [1.807, 2.05) is 0 Å². The molecule has 3 unspecified atom stereocenters. The van der Waals surface area contributed by atoms with Gasteiger partial charge in [0.15, 0.2) is 0 Å². The van der Waals surface area contributed by atoms with Gasteiger partial charge in [0.1, 0.15) is 0 Å². The predicted molar refractivity (Wildman–Crippen MR) is 78.7 cm³/mol. The van der Waals surface area contributed by atoms with Crippen molar-refractivity contribution in [3.05, 3.63) is 0 Å². The molecular formula is C16H30N2O. The zero-order chi connectivity index (χ0) is 13.7. The molecular weight excluding hydrogens is 236 g/mol. The molecule has 3 atom stereocenters. The Morgan fingerprint density at radius 3 is 2.37 bits per heavy atom. The largest absolute Gasteiger partial charge is 0.353 e. The maximum atomic E-state index is 12.4. The Hall–Kier alpha value is -0.570. The summed E-state index contributed by atoms with van der Waals surface area (Å²) in [5.74, 6) is 0.985. The zero-order valence-electron chi connectivity index (χ0n) is 12.4. The average molecular weight is 266 g/mol. The van der Waals surface area contributed by atoms with Crippen LogP contribution in [0, 0.1) is 11.8 Å². The van der Waals surface area contributed by atoms with Gasteiger partial charge in [0.25, 0.3) is 0 Å². The molecule has 0 spiro atoms. The molecule has 110 valence electrons. The summed E-state index contributed by atoms with van der Waals surface area (Å²) in [6, 6.07) is 0.458. The van der Waals surface area contributed by atoms with Crippen molar-refractivity contribution in [2.75, 3.05) is 0 Å². The summed E-state index contributed by atoms with van der Waals surface area (Å²) in [6.07, 6.45) is 12.0. The lowest BCUT2D eigenvalue weighted by atomic mass is 9.81. The van der Waals surface area contributed by atoms with Gasteiger partial charge in [-0.3, -0.25) is 4.79 Å². The molecule has 0 heterocycles. The number of nitrogens with one attached hydrogen (secondary N) is 1. The first-order valence-electron chi connectivity index (χ1n) is 8.28. The monoisotopic (exact) mass is 266 g/mol. The van der Waals surface area contributed by atoms with Gasteiger partial charge in [-0.25, -0.2) is 0 Å². The van der Waals surface area contributed by atoms with E-state index in [4.69, 9.17) is 5.73 Å². The molecule has 0 aromatic rings. The molecule has 0 aromatic heterocycles. The molecule has 0 bridgehead atoms. The van der Waals surface area contributed by atoms with Crippen LogP contribution < -0.4 is 11.1 Å². The molecule has 2 fully saturated rings. The summed E-state index contributed by atoms with van der Waals surface area (Å²) in [5, 5.41) is 3.32. The fourth-order valence-corrected chi connectivity index (χ4v) is 3.86. The Morgan fingerprint density at radius 2 is 1.74 bits per heavy atom. The molecule has 0 radical (unpaired) electrons. The second-order valence-electron chi connectivity index (χ2n) is 6.48. The lowest BCUT2D eigenvalue weighted by molar-refractivity contribution is -0.127. The minimum Gasteiger partial charge on any atom is -0.353 e. The van der Waals surface area contributed by atoms with E-state index in [-0.39, 0.29) is 17.9 Å². The van der Waals surface area contributed by atoms with Gasteiger partial charge < -0.3 is 11.1 Å². The molecule has 2 rings (SSSR count). The van der Waals surface area contributed by atoms with Crippen LogP contribution in [0.25, 0.3) is 0 Å². The highest BCUT2D eigenvalue weighted by Crippen LogP contribution is 2.29. The lowest BCUT2D eigenvalue weighted by Gasteiger charge is -2.33. The summed E-state index contributed by atoms with van der Waals surface area (Å²) in [5.41, 5.74) is 6.11. The fraction of sp³-hybridized carbons (Fsp3) is 0.938. The Bertz CT molecular complexity index is 286. The average Bonchev–Trinajstić information content (AvgIpc) is 2.46. The first-order chi connectivity index (χ1) is 9.22. The van der Waals surface area contributed by atoms with Gasteiger partial charge in [0, 0.05) is 12.1 Å². The molecule has 3 nitrogen and oxygen atoms in total. The maximum absolute atomic E-state index is 12.4. The SMILES string of the molecule is CCC(NC(=O)C1CCCCC1N)C1CCCCC1. The second-order valence-corrected chi connectivity index (χ2v) is 6.48. The van der Waals surface area contributed by atoms with E-state index in [0.717, 1.165) is 25.7 Å². The Morgan fingerprint density at radius 1 is 1.11 bits per heavy atom. The Balaban J connectivity index is 1.87. The standard InChI is InChI=1S/C16H30N2O/c1-2-15(12-8-4-3-5-9-12)18-16(19)13-10-6-7-11-14(13)17/h12-15H,2-11,17H2,1H3,(H,18,19). The minimum absolute atomic E-state index is 0.0615. The van der Waals surface area contributed by atoms with Gasteiger partial charge in [0.05, 0.1) is 5.92 Å². The van der Waals surface area contributed by atoms with Crippen LogP contribution in [0.15, 0.2) is 0 Å². The van der Waals surface area contributed by atoms with E-state index >= 15 is 0 Å². The number of carbonyl (C=O) groups excluding carboxylic acids is 1. The maximum Gasteiger partial charge on any atom is 0.224 e. The Kier molecular flexibility index (Phi) is 5.68. The molecule has 3 N–H and O–H groups in total. The minimum atomic E-state index is 0.0615. The highest BCUT2D eigenvalue weighted by Gasteiger charge is 2.31. The molecule has 19 heavy (non-hydrogen) atoms. The van der Waals surface area contributed by atoms with Gasteiger partial charge in [-0.1, -0.05) is 39.0 Å². The molecule has 0 aliphatic heterocycles. The smallest absolute Gasteiger partial charge is 0.224 e. The van der Waals surface area contributed by atoms with Crippen molar-refractivity contribution >= 4 is 5.91 Å². The number of hydrogen-bond acceptors (Lipinski definition) is 2. The Labute approximate surface area is 117 Å². The lowest BCUT2D eigenvalue weighted by Crippen LogP contribution is -2.49. The van der Waals surface area contributed by atoms with E-state index in [0.29, 0.717) is 12.0 Å². The summed E-state index contributed by atoms with van der Waals surface area (Å²) in [7, 11) is 0. The number of carbonyl (C=O) groups is 1. The number of rotatable bonds is 4. The van der Waals surface area contributed by atoms with Gasteiger partial charge in [-0.15, -0.1) is 0 Å².